The molecule has 1 N–H and O–H groups in total. The molecule has 0 saturated heterocycles. The first-order valence-electron chi connectivity index (χ1n) is 10.7. The molecule has 0 spiro atoms. The van der Waals surface area contributed by atoms with Gasteiger partial charge in [-0.3, -0.25) is 4.79 Å². The predicted molar refractivity (Wildman–Crippen MR) is 105 cm³/mol. The summed E-state index contributed by atoms with van der Waals surface area (Å²) >= 11 is 0. The van der Waals surface area contributed by atoms with Crippen LogP contribution in [0.1, 0.15) is 85.5 Å². The van der Waals surface area contributed by atoms with Crippen molar-refractivity contribution in [1.82, 2.24) is 0 Å². The number of fused-ring (bicyclic) bond motifs is 2. The number of hydrogen-bond donors (Lipinski definition) is 1. The van der Waals surface area contributed by atoms with Gasteiger partial charge < -0.3 is 9.84 Å². The predicted octanol–water partition coefficient (Wildman–Crippen LogP) is 5.33. The SMILES string of the molecule is CCCCCCC(C)C1=CC2=C(C(O)C1)[C@@H]1CC(=O)CC[C@H]1C(C)(C)O2. The van der Waals surface area contributed by atoms with E-state index in [1.807, 2.05) is 0 Å². The maximum Gasteiger partial charge on any atom is 0.133 e. The molecule has 26 heavy (non-hydrogen) atoms. The quantitative estimate of drug-likeness (QED) is 0.651. The Morgan fingerprint density at radius 2 is 2.04 bits per heavy atom. The van der Waals surface area contributed by atoms with Crippen LogP contribution in [0.5, 0.6) is 0 Å². The Balaban J connectivity index is 1.81. The van der Waals surface area contributed by atoms with Crippen molar-refractivity contribution in [3.8, 4) is 0 Å². The average molecular weight is 361 g/mol. The van der Waals surface area contributed by atoms with Gasteiger partial charge in [-0.15, -0.1) is 0 Å². The molecule has 3 nitrogen and oxygen atoms in total. The number of unbranched alkanes of at least 4 members (excludes halogenated alkanes) is 3. The van der Waals surface area contributed by atoms with Crippen LogP contribution >= 0.6 is 0 Å². The maximum atomic E-state index is 12.1. The Labute approximate surface area is 158 Å². The first-order valence-corrected chi connectivity index (χ1v) is 10.7. The van der Waals surface area contributed by atoms with E-state index in [0.29, 0.717) is 36.9 Å². The molecule has 2 aliphatic carbocycles. The van der Waals surface area contributed by atoms with E-state index in [4.69, 9.17) is 4.74 Å². The van der Waals surface area contributed by atoms with Crippen molar-refractivity contribution in [1.29, 1.82) is 0 Å². The number of ether oxygens (including phenoxy) is 1. The number of aliphatic hydroxyl groups is 1. The lowest BCUT2D eigenvalue weighted by atomic mass is 9.64. The van der Waals surface area contributed by atoms with E-state index in [-0.39, 0.29) is 11.5 Å². The highest BCUT2D eigenvalue weighted by Crippen LogP contribution is 2.50. The second-order valence-electron chi connectivity index (χ2n) is 9.21. The molecule has 1 saturated carbocycles. The molecule has 3 heteroatoms. The molecule has 0 aromatic rings. The van der Waals surface area contributed by atoms with E-state index in [1.165, 1.54) is 37.7 Å². The molecule has 1 fully saturated rings. The Morgan fingerprint density at radius 1 is 1.27 bits per heavy atom. The number of carbonyl (C=O) groups excluding carboxylic acids is 1. The van der Waals surface area contributed by atoms with E-state index in [9.17, 15) is 9.90 Å². The van der Waals surface area contributed by atoms with Crippen LogP contribution in [0.15, 0.2) is 23.0 Å². The fourth-order valence-electron chi connectivity index (χ4n) is 5.26. The fraction of sp³-hybridized carbons (Fsp3) is 0.783. The third-order valence-corrected chi connectivity index (χ3v) is 6.85. The topological polar surface area (TPSA) is 46.5 Å². The van der Waals surface area contributed by atoms with Gasteiger partial charge in [0.25, 0.3) is 0 Å². The largest absolute Gasteiger partial charge is 0.487 e. The summed E-state index contributed by atoms with van der Waals surface area (Å²) in [6.07, 6.45) is 10.8. The molecule has 4 atom stereocenters. The maximum absolute atomic E-state index is 12.1. The van der Waals surface area contributed by atoms with Crippen molar-refractivity contribution < 1.29 is 14.6 Å². The summed E-state index contributed by atoms with van der Waals surface area (Å²) in [4.78, 5) is 12.1. The van der Waals surface area contributed by atoms with Gasteiger partial charge in [-0.2, -0.15) is 0 Å². The second-order valence-corrected chi connectivity index (χ2v) is 9.21. The van der Waals surface area contributed by atoms with Crippen LogP contribution in [0.25, 0.3) is 0 Å². The summed E-state index contributed by atoms with van der Waals surface area (Å²) in [6, 6.07) is 0. The highest BCUT2D eigenvalue weighted by Gasteiger charge is 2.49. The van der Waals surface area contributed by atoms with Gasteiger partial charge in [-0.25, -0.2) is 0 Å². The number of carbonyl (C=O) groups is 1. The van der Waals surface area contributed by atoms with Gasteiger partial charge in [-0.1, -0.05) is 45.1 Å². The number of aliphatic hydroxyl groups excluding tert-OH is 1. The van der Waals surface area contributed by atoms with Crippen molar-refractivity contribution >= 4 is 5.78 Å². The van der Waals surface area contributed by atoms with Crippen molar-refractivity contribution in [2.45, 2.75) is 97.2 Å². The van der Waals surface area contributed by atoms with Crippen LogP contribution in [-0.4, -0.2) is 22.6 Å². The summed E-state index contributed by atoms with van der Waals surface area (Å²) in [5.74, 6) is 2.16. The first-order chi connectivity index (χ1) is 12.3. The lowest BCUT2D eigenvalue weighted by Crippen LogP contribution is -2.49. The first kappa shape index (κ1) is 19.7. The minimum absolute atomic E-state index is 0.155. The van der Waals surface area contributed by atoms with Gasteiger partial charge in [0.15, 0.2) is 0 Å². The number of Topliss-reactive ketones (excluding diaryl/α,β-unsaturated/α-hetero) is 1. The van der Waals surface area contributed by atoms with Crippen LogP contribution in [-0.2, 0) is 9.53 Å². The van der Waals surface area contributed by atoms with E-state index in [2.05, 4.69) is 33.8 Å². The molecule has 0 aromatic carbocycles. The van der Waals surface area contributed by atoms with Crippen molar-refractivity contribution in [2.24, 2.45) is 17.8 Å². The molecule has 2 unspecified atom stereocenters. The molecule has 146 valence electrons. The molecule has 1 aliphatic heterocycles. The van der Waals surface area contributed by atoms with E-state index >= 15 is 0 Å². The van der Waals surface area contributed by atoms with Crippen molar-refractivity contribution in [3.05, 3.63) is 23.0 Å². The van der Waals surface area contributed by atoms with E-state index < -0.39 is 6.10 Å². The van der Waals surface area contributed by atoms with Gasteiger partial charge in [0, 0.05) is 24.3 Å². The molecular formula is C23H36O3. The van der Waals surface area contributed by atoms with Crippen LogP contribution in [0.2, 0.25) is 0 Å². The van der Waals surface area contributed by atoms with Crippen molar-refractivity contribution in [2.75, 3.05) is 0 Å². The molecular weight excluding hydrogens is 324 g/mol. The van der Waals surface area contributed by atoms with Gasteiger partial charge in [0.1, 0.15) is 17.1 Å². The molecule has 1 heterocycles. The summed E-state index contributed by atoms with van der Waals surface area (Å²) < 4.78 is 6.41. The molecule has 0 bridgehead atoms. The molecule has 0 aromatic heterocycles. The number of ketones is 1. The number of hydrogen-bond acceptors (Lipinski definition) is 3. The van der Waals surface area contributed by atoms with Crippen LogP contribution in [0, 0.1) is 17.8 Å². The third kappa shape index (κ3) is 3.93. The van der Waals surface area contributed by atoms with Gasteiger partial charge in [0.2, 0.25) is 0 Å². The lowest BCUT2D eigenvalue weighted by Gasteiger charge is -2.49. The Kier molecular flexibility index (Phi) is 5.96. The van der Waals surface area contributed by atoms with Gasteiger partial charge in [-0.05, 0) is 51.0 Å². The zero-order valence-electron chi connectivity index (χ0n) is 17.0. The number of rotatable bonds is 6. The Bertz CT molecular complexity index is 599. The summed E-state index contributed by atoms with van der Waals surface area (Å²) in [6.45, 7) is 8.81. The zero-order valence-corrected chi connectivity index (χ0v) is 17.0. The Morgan fingerprint density at radius 3 is 2.77 bits per heavy atom. The minimum Gasteiger partial charge on any atom is -0.487 e. The van der Waals surface area contributed by atoms with E-state index in [1.54, 1.807) is 0 Å². The average Bonchev–Trinajstić information content (AvgIpc) is 2.57. The Hall–Kier alpha value is -1.09. The standard InChI is InChI=1S/C23H36O3/c1-5-6-7-8-9-15(2)16-12-20(25)22-18-14-17(24)10-11-19(18)23(3,4)26-21(22)13-16/h13,15,18-20,25H,5-12,14H2,1-4H3/t15?,18-,19-,20?/m1/s1. The van der Waals surface area contributed by atoms with Gasteiger partial charge in [0.05, 0.1) is 6.10 Å². The molecule has 3 rings (SSSR count). The zero-order chi connectivity index (χ0) is 18.9. The smallest absolute Gasteiger partial charge is 0.133 e. The number of allylic oxidation sites excluding steroid dienone is 1. The van der Waals surface area contributed by atoms with E-state index in [0.717, 1.165) is 17.8 Å². The minimum atomic E-state index is -0.488. The fourth-order valence-corrected chi connectivity index (χ4v) is 5.26. The van der Waals surface area contributed by atoms with Crippen LogP contribution in [0.3, 0.4) is 0 Å². The van der Waals surface area contributed by atoms with Crippen molar-refractivity contribution in [3.63, 3.8) is 0 Å². The highest BCUT2D eigenvalue weighted by molar-refractivity contribution is 5.80. The summed E-state index contributed by atoms with van der Waals surface area (Å²) in [5, 5.41) is 10.9. The van der Waals surface area contributed by atoms with Crippen LogP contribution in [0.4, 0.5) is 0 Å². The lowest BCUT2D eigenvalue weighted by molar-refractivity contribution is -0.128. The molecule has 0 amide bonds. The third-order valence-electron chi connectivity index (χ3n) is 6.85. The normalized spacial score (nSPS) is 31.7. The summed E-state index contributed by atoms with van der Waals surface area (Å²) in [7, 11) is 0. The second kappa shape index (κ2) is 7.88. The van der Waals surface area contributed by atoms with Crippen LogP contribution < -0.4 is 0 Å². The summed E-state index contributed by atoms with van der Waals surface area (Å²) in [5.41, 5.74) is 2.04. The molecule has 3 aliphatic rings. The molecule has 0 radical (unpaired) electrons. The highest BCUT2D eigenvalue weighted by atomic mass is 16.5. The van der Waals surface area contributed by atoms with Gasteiger partial charge >= 0.3 is 0 Å². The monoisotopic (exact) mass is 360 g/mol.